The smallest absolute Gasteiger partial charge is 0.326 e. The van der Waals surface area contributed by atoms with E-state index in [9.17, 15) is 29.1 Å². The van der Waals surface area contributed by atoms with E-state index in [4.69, 9.17) is 17.2 Å². The fourth-order valence-corrected chi connectivity index (χ4v) is 3.74. The van der Waals surface area contributed by atoms with E-state index in [0.717, 1.165) is 6.42 Å². The number of rotatable bonds is 14. The maximum Gasteiger partial charge on any atom is 0.326 e. The van der Waals surface area contributed by atoms with E-state index in [2.05, 4.69) is 10.6 Å². The molecule has 12 heteroatoms. The summed E-state index contributed by atoms with van der Waals surface area (Å²) in [7, 11) is 0. The summed E-state index contributed by atoms with van der Waals surface area (Å²) in [6.45, 7) is 4.32. The molecule has 4 atom stereocenters. The van der Waals surface area contributed by atoms with Gasteiger partial charge in [-0.3, -0.25) is 19.2 Å². The van der Waals surface area contributed by atoms with Crippen LogP contribution in [0.2, 0.25) is 0 Å². The van der Waals surface area contributed by atoms with Crippen LogP contribution >= 0.6 is 0 Å². The average Bonchev–Trinajstić information content (AvgIpc) is 3.23. The lowest BCUT2D eigenvalue weighted by molar-refractivity contribution is -0.143. The first-order valence-corrected chi connectivity index (χ1v) is 11.4. The summed E-state index contributed by atoms with van der Waals surface area (Å²) in [6, 6.07) is -3.82. The van der Waals surface area contributed by atoms with Crippen LogP contribution in [0.1, 0.15) is 58.8 Å². The number of carbonyl (C=O) groups is 5. The Hall–Kier alpha value is -2.73. The van der Waals surface area contributed by atoms with Gasteiger partial charge in [-0.05, 0) is 44.6 Å². The van der Waals surface area contributed by atoms with E-state index in [1.54, 1.807) is 13.8 Å². The third-order valence-corrected chi connectivity index (χ3v) is 5.67. The molecule has 1 heterocycles. The standard InChI is InChI=1S/C21H38N6O6/c1-12(2)17(19(30)25-14(21(32)33)8-9-16(24)28)26-18(29)15-7-5-11-27(15)20(31)13(23)6-3-4-10-22/h12-15,17H,3-11,22-23H2,1-2H3,(H2,24,28)(H,25,30)(H,26,29)(H,32,33). The molecule has 1 rings (SSSR count). The number of nitrogens with zero attached hydrogens (tertiary/aromatic N) is 1. The van der Waals surface area contributed by atoms with E-state index < -0.39 is 47.9 Å². The highest BCUT2D eigenvalue weighted by Crippen LogP contribution is 2.20. The van der Waals surface area contributed by atoms with Crippen molar-refractivity contribution in [1.82, 2.24) is 15.5 Å². The molecular weight excluding hydrogens is 432 g/mol. The van der Waals surface area contributed by atoms with Gasteiger partial charge < -0.3 is 37.8 Å². The minimum absolute atomic E-state index is 0.165. The van der Waals surface area contributed by atoms with Gasteiger partial charge in [-0.1, -0.05) is 20.3 Å². The molecule has 1 saturated heterocycles. The first-order valence-electron chi connectivity index (χ1n) is 11.4. The van der Waals surface area contributed by atoms with Crippen molar-refractivity contribution in [2.75, 3.05) is 13.1 Å². The van der Waals surface area contributed by atoms with Gasteiger partial charge >= 0.3 is 5.97 Å². The van der Waals surface area contributed by atoms with E-state index in [1.165, 1.54) is 4.90 Å². The van der Waals surface area contributed by atoms with Gasteiger partial charge in [0.1, 0.15) is 18.1 Å². The van der Waals surface area contributed by atoms with Crippen molar-refractivity contribution in [3.05, 3.63) is 0 Å². The molecule has 0 aromatic carbocycles. The summed E-state index contributed by atoms with van der Waals surface area (Å²) >= 11 is 0. The van der Waals surface area contributed by atoms with Gasteiger partial charge in [0.05, 0.1) is 6.04 Å². The minimum atomic E-state index is -1.32. The number of aliphatic carboxylic acids is 1. The molecule has 9 N–H and O–H groups in total. The fourth-order valence-electron chi connectivity index (χ4n) is 3.74. The van der Waals surface area contributed by atoms with Crippen LogP contribution in [0.4, 0.5) is 0 Å². The molecule has 1 aliphatic heterocycles. The first-order chi connectivity index (χ1) is 15.5. The highest BCUT2D eigenvalue weighted by molar-refractivity contribution is 5.94. The summed E-state index contributed by atoms with van der Waals surface area (Å²) in [5.41, 5.74) is 16.5. The molecule has 188 valence electrons. The lowest BCUT2D eigenvalue weighted by atomic mass is 10.0. The third-order valence-electron chi connectivity index (χ3n) is 5.67. The van der Waals surface area contributed by atoms with Gasteiger partial charge in [-0.2, -0.15) is 0 Å². The second-order valence-corrected chi connectivity index (χ2v) is 8.72. The molecule has 0 radical (unpaired) electrons. The van der Waals surface area contributed by atoms with Crippen molar-refractivity contribution in [2.24, 2.45) is 23.1 Å². The Balaban J connectivity index is 2.82. The minimum Gasteiger partial charge on any atom is -0.480 e. The number of hydrogen-bond acceptors (Lipinski definition) is 7. The van der Waals surface area contributed by atoms with Gasteiger partial charge in [0.2, 0.25) is 23.6 Å². The van der Waals surface area contributed by atoms with E-state index in [-0.39, 0.29) is 24.7 Å². The van der Waals surface area contributed by atoms with Crippen LogP contribution in [0.5, 0.6) is 0 Å². The van der Waals surface area contributed by atoms with Gasteiger partial charge in [0, 0.05) is 13.0 Å². The van der Waals surface area contributed by atoms with Crippen LogP contribution in [0.25, 0.3) is 0 Å². The maximum atomic E-state index is 13.0. The van der Waals surface area contributed by atoms with Crippen LogP contribution in [-0.4, -0.2) is 76.9 Å². The Morgan fingerprint density at radius 1 is 1.09 bits per heavy atom. The van der Waals surface area contributed by atoms with E-state index >= 15 is 0 Å². The normalized spacial score (nSPS) is 18.5. The predicted molar refractivity (Wildman–Crippen MR) is 120 cm³/mol. The van der Waals surface area contributed by atoms with Crippen molar-refractivity contribution in [3.8, 4) is 0 Å². The summed E-state index contributed by atoms with van der Waals surface area (Å²) in [4.78, 5) is 62.3. The molecule has 4 amide bonds. The summed E-state index contributed by atoms with van der Waals surface area (Å²) < 4.78 is 0. The zero-order chi connectivity index (χ0) is 25.1. The predicted octanol–water partition coefficient (Wildman–Crippen LogP) is -1.59. The monoisotopic (exact) mass is 470 g/mol. The Bertz CT molecular complexity index is 715. The molecule has 0 bridgehead atoms. The zero-order valence-electron chi connectivity index (χ0n) is 19.4. The number of carboxylic acids is 1. The van der Waals surface area contributed by atoms with Crippen LogP contribution < -0.4 is 27.8 Å². The van der Waals surface area contributed by atoms with Crippen LogP contribution in [0.3, 0.4) is 0 Å². The van der Waals surface area contributed by atoms with Crippen molar-refractivity contribution in [2.45, 2.75) is 83.0 Å². The van der Waals surface area contributed by atoms with Gasteiger partial charge in [-0.15, -0.1) is 0 Å². The van der Waals surface area contributed by atoms with Gasteiger partial charge in [0.25, 0.3) is 0 Å². The summed E-state index contributed by atoms with van der Waals surface area (Å²) in [6.07, 6.45) is 2.64. The molecule has 0 aromatic heterocycles. The van der Waals surface area contributed by atoms with Crippen molar-refractivity contribution in [3.63, 3.8) is 0 Å². The van der Waals surface area contributed by atoms with Crippen molar-refractivity contribution in [1.29, 1.82) is 0 Å². The number of unbranched alkanes of at least 4 members (excludes halogenated alkanes) is 1. The molecule has 4 unspecified atom stereocenters. The highest BCUT2D eigenvalue weighted by atomic mass is 16.4. The molecule has 12 nitrogen and oxygen atoms in total. The number of carbonyl (C=O) groups excluding carboxylic acids is 4. The van der Waals surface area contributed by atoms with E-state index in [1.807, 2.05) is 0 Å². The lowest BCUT2D eigenvalue weighted by Crippen LogP contribution is -2.58. The fraction of sp³-hybridized carbons (Fsp3) is 0.762. The van der Waals surface area contributed by atoms with Crippen LogP contribution in [-0.2, 0) is 24.0 Å². The van der Waals surface area contributed by atoms with Gasteiger partial charge in [-0.25, -0.2) is 4.79 Å². The molecule has 0 spiro atoms. The molecule has 0 saturated carbocycles. The third kappa shape index (κ3) is 8.97. The number of likely N-dealkylation sites (tertiary alicyclic amines) is 1. The van der Waals surface area contributed by atoms with Crippen LogP contribution in [0, 0.1) is 5.92 Å². The van der Waals surface area contributed by atoms with Crippen LogP contribution in [0.15, 0.2) is 0 Å². The number of nitrogens with one attached hydrogen (secondary N) is 2. The van der Waals surface area contributed by atoms with Gasteiger partial charge in [0.15, 0.2) is 0 Å². The second-order valence-electron chi connectivity index (χ2n) is 8.72. The molecule has 1 aliphatic rings. The molecular formula is C21H38N6O6. The number of hydrogen-bond donors (Lipinski definition) is 6. The quantitative estimate of drug-likeness (QED) is 0.162. The first kappa shape index (κ1) is 28.3. The molecule has 33 heavy (non-hydrogen) atoms. The largest absolute Gasteiger partial charge is 0.480 e. The molecule has 0 aliphatic carbocycles. The lowest BCUT2D eigenvalue weighted by Gasteiger charge is -2.29. The number of primary amides is 1. The Labute approximate surface area is 194 Å². The number of carboxylic acid groups (broad SMARTS) is 1. The Morgan fingerprint density at radius 2 is 1.76 bits per heavy atom. The number of nitrogens with two attached hydrogens (primary N) is 3. The summed E-state index contributed by atoms with van der Waals surface area (Å²) in [5, 5.41) is 14.3. The Morgan fingerprint density at radius 3 is 2.30 bits per heavy atom. The average molecular weight is 471 g/mol. The maximum absolute atomic E-state index is 13.0. The topological polar surface area (TPSA) is 211 Å². The number of amides is 4. The SMILES string of the molecule is CC(C)C(NC(=O)C1CCCN1C(=O)C(N)CCCCN)C(=O)NC(CCC(N)=O)C(=O)O. The van der Waals surface area contributed by atoms with Crippen molar-refractivity contribution < 1.29 is 29.1 Å². The summed E-state index contributed by atoms with van der Waals surface area (Å²) in [5.74, 6) is -3.85. The molecule has 0 aromatic rings. The Kier molecular flexibility index (Phi) is 11.8. The second kappa shape index (κ2) is 13.7. The van der Waals surface area contributed by atoms with Crippen molar-refractivity contribution >= 4 is 29.6 Å². The van der Waals surface area contributed by atoms with E-state index in [0.29, 0.717) is 38.8 Å². The zero-order valence-corrected chi connectivity index (χ0v) is 19.4. The highest BCUT2D eigenvalue weighted by Gasteiger charge is 2.38. The molecule has 1 fully saturated rings.